The topological polar surface area (TPSA) is 43.4 Å². The maximum atomic E-state index is 11.8. The quantitative estimate of drug-likeness (QED) is 0.692. The van der Waals surface area contributed by atoms with Crippen LogP contribution in [0, 0.1) is 11.8 Å². The molecule has 2 unspecified atom stereocenters. The van der Waals surface area contributed by atoms with Crippen LogP contribution in [0.2, 0.25) is 0 Å². The summed E-state index contributed by atoms with van der Waals surface area (Å²) in [5, 5.41) is 0. The molecule has 0 aliphatic carbocycles. The summed E-state index contributed by atoms with van der Waals surface area (Å²) >= 11 is 0. The summed E-state index contributed by atoms with van der Waals surface area (Å²) in [6, 6.07) is 9.57. The summed E-state index contributed by atoms with van der Waals surface area (Å²) in [7, 11) is -0.940. The van der Waals surface area contributed by atoms with Crippen LogP contribution < -0.4 is 0 Å². The lowest BCUT2D eigenvalue weighted by Gasteiger charge is -2.12. The van der Waals surface area contributed by atoms with Gasteiger partial charge in [0.05, 0.1) is 5.92 Å². The van der Waals surface area contributed by atoms with Crippen LogP contribution in [0.3, 0.4) is 0 Å². The zero-order valence-corrected chi connectivity index (χ0v) is 13.3. The fraction of sp³-hybridized carbons (Fsp3) is 0.562. The third-order valence-corrected chi connectivity index (χ3v) is 4.55. The molecule has 0 aliphatic heterocycles. The first-order valence-corrected chi connectivity index (χ1v) is 8.53. The van der Waals surface area contributed by atoms with Crippen molar-refractivity contribution in [2.24, 2.45) is 11.8 Å². The Kier molecular flexibility index (Phi) is 7.52. The van der Waals surface area contributed by atoms with E-state index in [1.54, 1.807) is 6.92 Å². The van der Waals surface area contributed by atoms with E-state index in [4.69, 9.17) is 4.74 Å². The SMILES string of the molecule is CC(C)CCS(=O)CC(C)C(=O)OCc1ccccc1. The molecule has 0 saturated carbocycles. The predicted molar refractivity (Wildman–Crippen MR) is 82.7 cm³/mol. The Morgan fingerprint density at radius 1 is 1.20 bits per heavy atom. The van der Waals surface area contributed by atoms with E-state index in [2.05, 4.69) is 13.8 Å². The fourth-order valence-electron chi connectivity index (χ4n) is 1.67. The molecule has 0 heterocycles. The van der Waals surface area contributed by atoms with Gasteiger partial charge in [-0.05, 0) is 17.9 Å². The van der Waals surface area contributed by atoms with Crippen LogP contribution in [-0.4, -0.2) is 21.7 Å². The molecule has 0 radical (unpaired) electrons. The smallest absolute Gasteiger partial charge is 0.309 e. The minimum Gasteiger partial charge on any atom is -0.461 e. The van der Waals surface area contributed by atoms with Gasteiger partial charge in [-0.1, -0.05) is 51.1 Å². The van der Waals surface area contributed by atoms with E-state index in [1.807, 2.05) is 30.3 Å². The fourth-order valence-corrected chi connectivity index (χ4v) is 3.26. The maximum Gasteiger partial charge on any atom is 0.309 e. The van der Waals surface area contributed by atoms with E-state index in [9.17, 15) is 9.00 Å². The highest BCUT2D eigenvalue weighted by atomic mass is 32.2. The van der Waals surface area contributed by atoms with Crippen molar-refractivity contribution in [2.75, 3.05) is 11.5 Å². The normalized spacial score (nSPS) is 14.0. The maximum absolute atomic E-state index is 11.8. The molecule has 3 nitrogen and oxygen atoms in total. The van der Waals surface area contributed by atoms with Gasteiger partial charge in [0.2, 0.25) is 0 Å². The molecule has 20 heavy (non-hydrogen) atoms. The number of hydrogen-bond donors (Lipinski definition) is 0. The Morgan fingerprint density at radius 2 is 1.85 bits per heavy atom. The van der Waals surface area contributed by atoms with Gasteiger partial charge in [-0.2, -0.15) is 0 Å². The zero-order valence-electron chi connectivity index (χ0n) is 12.5. The van der Waals surface area contributed by atoms with Crippen LogP contribution in [0.5, 0.6) is 0 Å². The molecular weight excluding hydrogens is 272 g/mol. The highest BCUT2D eigenvalue weighted by Crippen LogP contribution is 2.08. The van der Waals surface area contributed by atoms with E-state index < -0.39 is 10.8 Å². The molecule has 0 amide bonds. The van der Waals surface area contributed by atoms with Gasteiger partial charge in [0, 0.05) is 22.3 Å². The average Bonchev–Trinajstić information content (AvgIpc) is 2.43. The van der Waals surface area contributed by atoms with Gasteiger partial charge in [-0.25, -0.2) is 0 Å². The van der Waals surface area contributed by atoms with Crippen molar-refractivity contribution < 1.29 is 13.7 Å². The van der Waals surface area contributed by atoms with Crippen LogP contribution in [0.1, 0.15) is 32.8 Å². The van der Waals surface area contributed by atoms with E-state index in [0.717, 1.165) is 12.0 Å². The number of carbonyl (C=O) groups is 1. The van der Waals surface area contributed by atoms with Crippen molar-refractivity contribution in [1.82, 2.24) is 0 Å². The minimum absolute atomic E-state index is 0.272. The summed E-state index contributed by atoms with van der Waals surface area (Å²) in [6.45, 7) is 6.27. The molecular formula is C16H24O3S. The number of carbonyl (C=O) groups excluding carboxylic acids is 1. The van der Waals surface area contributed by atoms with Crippen LogP contribution in [0.25, 0.3) is 0 Å². The number of ether oxygens (including phenoxy) is 1. The van der Waals surface area contributed by atoms with Crippen LogP contribution in [0.4, 0.5) is 0 Å². The third-order valence-electron chi connectivity index (χ3n) is 2.99. The van der Waals surface area contributed by atoms with Crippen LogP contribution >= 0.6 is 0 Å². The summed E-state index contributed by atoms with van der Waals surface area (Å²) in [4.78, 5) is 11.8. The second-order valence-electron chi connectivity index (χ2n) is 5.49. The first kappa shape index (κ1) is 16.9. The lowest BCUT2D eigenvalue weighted by molar-refractivity contribution is -0.148. The molecule has 0 bridgehead atoms. The molecule has 0 aromatic heterocycles. The molecule has 0 aliphatic rings. The molecule has 0 spiro atoms. The van der Waals surface area contributed by atoms with Crippen molar-refractivity contribution in [3.63, 3.8) is 0 Å². The minimum atomic E-state index is -0.940. The Morgan fingerprint density at radius 3 is 2.45 bits per heavy atom. The van der Waals surface area contributed by atoms with Gasteiger partial charge in [-0.15, -0.1) is 0 Å². The van der Waals surface area contributed by atoms with Gasteiger partial charge in [0.25, 0.3) is 0 Å². The van der Waals surface area contributed by atoms with E-state index in [0.29, 0.717) is 17.4 Å². The molecule has 4 heteroatoms. The van der Waals surface area contributed by atoms with E-state index in [1.165, 1.54) is 0 Å². The summed E-state index contributed by atoms with van der Waals surface area (Å²) in [5.41, 5.74) is 0.967. The summed E-state index contributed by atoms with van der Waals surface area (Å²) in [6.07, 6.45) is 0.929. The van der Waals surface area contributed by atoms with Crippen LogP contribution in [0.15, 0.2) is 30.3 Å². The van der Waals surface area contributed by atoms with Crippen molar-refractivity contribution in [3.8, 4) is 0 Å². The lowest BCUT2D eigenvalue weighted by Crippen LogP contribution is -2.22. The van der Waals surface area contributed by atoms with Crippen molar-refractivity contribution in [1.29, 1.82) is 0 Å². The number of benzene rings is 1. The first-order chi connectivity index (χ1) is 9.49. The zero-order chi connectivity index (χ0) is 15.0. The Labute approximate surface area is 124 Å². The van der Waals surface area contributed by atoms with Gasteiger partial charge < -0.3 is 4.74 Å². The van der Waals surface area contributed by atoms with Crippen molar-refractivity contribution >= 4 is 16.8 Å². The van der Waals surface area contributed by atoms with Crippen molar-refractivity contribution in [2.45, 2.75) is 33.8 Å². The standard InChI is InChI=1S/C16H24O3S/c1-13(2)9-10-20(18)12-14(3)16(17)19-11-15-7-5-4-6-8-15/h4-8,13-14H,9-12H2,1-3H3. The molecule has 0 fully saturated rings. The summed E-state index contributed by atoms with van der Waals surface area (Å²) < 4.78 is 17.1. The second kappa shape index (κ2) is 8.90. The molecule has 0 N–H and O–H groups in total. The van der Waals surface area contributed by atoms with E-state index >= 15 is 0 Å². The van der Waals surface area contributed by atoms with E-state index in [-0.39, 0.29) is 18.5 Å². The molecule has 1 aromatic rings. The van der Waals surface area contributed by atoms with Gasteiger partial charge in [0.1, 0.15) is 6.61 Å². The monoisotopic (exact) mass is 296 g/mol. The Balaban J connectivity index is 2.30. The average molecular weight is 296 g/mol. The second-order valence-corrected chi connectivity index (χ2v) is 7.11. The van der Waals surface area contributed by atoms with Crippen molar-refractivity contribution in [3.05, 3.63) is 35.9 Å². The number of hydrogen-bond acceptors (Lipinski definition) is 3. The molecule has 0 saturated heterocycles. The van der Waals surface area contributed by atoms with Crippen LogP contribution in [-0.2, 0) is 26.9 Å². The summed E-state index contributed by atoms with van der Waals surface area (Å²) in [5.74, 6) is 1.01. The molecule has 1 rings (SSSR count). The number of rotatable bonds is 8. The third kappa shape index (κ3) is 6.85. The molecule has 1 aromatic carbocycles. The highest BCUT2D eigenvalue weighted by molar-refractivity contribution is 7.85. The van der Waals surface area contributed by atoms with Gasteiger partial charge in [-0.3, -0.25) is 9.00 Å². The molecule has 112 valence electrons. The highest BCUT2D eigenvalue weighted by Gasteiger charge is 2.17. The lowest BCUT2D eigenvalue weighted by atomic mass is 10.2. The largest absolute Gasteiger partial charge is 0.461 e. The van der Waals surface area contributed by atoms with Gasteiger partial charge >= 0.3 is 5.97 Å². The predicted octanol–water partition coefficient (Wildman–Crippen LogP) is 3.16. The Bertz CT molecular complexity index is 429. The first-order valence-electron chi connectivity index (χ1n) is 7.04. The van der Waals surface area contributed by atoms with Gasteiger partial charge in [0.15, 0.2) is 0 Å². The number of esters is 1. The Hall–Kier alpha value is -1.16. The molecule has 2 atom stereocenters.